The van der Waals surface area contributed by atoms with Crippen LogP contribution in [0.5, 0.6) is 0 Å². The summed E-state index contributed by atoms with van der Waals surface area (Å²) in [6.07, 6.45) is 12.5. The van der Waals surface area contributed by atoms with Gasteiger partial charge in [-0.2, -0.15) is 9.97 Å². The van der Waals surface area contributed by atoms with Crippen LogP contribution in [0.25, 0.3) is 0 Å². The first-order chi connectivity index (χ1) is 24.8. The van der Waals surface area contributed by atoms with E-state index < -0.39 is 0 Å². The molecule has 1 aromatic carbocycles. The minimum Gasteiger partial charge on any atom is -0.308 e. The number of nitroso groups, excluding NO2 is 1. The quantitative estimate of drug-likeness (QED) is 0.188. The van der Waals surface area contributed by atoms with E-state index in [1.54, 1.807) is 0 Å². The first-order valence-corrected chi connectivity index (χ1v) is 21.6. The summed E-state index contributed by atoms with van der Waals surface area (Å²) in [4.78, 5) is 22.0. The molecule has 4 aliphatic carbocycles. The lowest BCUT2D eigenvalue weighted by atomic mass is 9.48. The molecular formula is C45H89N5O2. The molecule has 0 spiro atoms. The third kappa shape index (κ3) is 17.8. The third-order valence-corrected chi connectivity index (χ3v) is 11.5. The van der Waals surface area contributed by atoms with Crippen LogP contribution in [0.2, 0.25) is 0 Å². The second-order valence-electron chi connectivity index (χ2n) is 16.5. The number of hydrogen-bond donors (Lipinski definition) is 0. The van der Waals surface area contributed by atoms with Crippen LogP contribution in [0.15, 0.2) is 29.4 Å². The topological polar surface area (TPSA) is 51.6 Å². The first kappa shape index (κ1) is 50.6. The van der Waals surface area contributed by atoms with Crippen molar-refractivity contribution in [2.24, 2.45) is 34.3 Å². The van der Waals surface area contributed by atoms with Crippen LogP contribution in [0.4, 0.5) is 0 Å². The standard InChI is InChI=1S/C25H43N3O.C13H25N.3C2H6.CH3NO/c1-21(2)15-25(20-26(3)4)27(17-22-9-5-6-10-22)18-23-11-7-12-24(16-23)19-28-13-8-14-29-28;1-9(2)14(5)12-7-10-6-11(8-12)13(10,3)4;3*1-2;1-2-3/h7,11-12,16,21-22,25H,5-6,8-10,13-15,17-20H2,1-4H3;9-12H,6-8H2,1-5H3;3*1-2H3;1H3/t25-;10-,11+,12?;;;;/m0...../s1. The molecule has 5 fully saturated rings. The molecular weight excluding hydrogens is 643 g/mol. The Labute approximate surface area is 324 Å². The zero-order chi connectivity index (χ0) is 39.9. The number of nitrogens with zero attached hydrogens (tertiary/aromatic N) is 5. The molecule has 1 saturated heterocycles. The monoisotopic (exact) mass is 732 g/mol. The molecule has 4 saturated carbocycles. The Morgan fingerprint density at radius 1 is 0.885 bits per heavy atom. The van der Waals surface area contributed by atoms with Gasteiger partial charge >= 0.3 is 0 Å². The van der Waals surface area contributed by atoms with E-state index in [1.807, 2.05) is 41.5 Å². The van der Waals surface area contributed by atoms with Gasteiger partial charge in [-0.15, -0.1) is 0 Å². The Kier molecular flexibility index (Phi) is 27.3. The molecule has 4 atom stereocenters. The second kappa shape index (κ2) is 28.1. The van der Waals surface area contributed by atoms with Crippen LogP contribution in [0.1, 0.15) is 152 Å². The van der Waals surface area contributed by atoms with E-state index in [9.17, 15) is 0 Å². The molecule has 1 unspecified atom stereocenters. The van der Waals surface area contributed by atoms with Gasteiger partial charge in [0.1, 0.15) is 0 Å². The van der Waals surface area contributed by atoms with Gasteiger partial charge in [-0.1, -0.05) is 112 Å². The SMILES string of the molecule is CC.CC.CC.CC(C)C[C@@H](CN(C)C)N(Cc1cccc(CN2CCCO2)c1)CC1CCCC1.CC(C)N(C)C1C[C@@H]2C[C@H](C1)C2(C)C.CN=O. The summed E-state index contributed by atoms with van der Waals surface area (Å²) in [6, 6.07) is 11.4. The van der Waals surface area contributed by atoms with E-state index >= 15 is 0 Å². The highest BCUT2D eigenvalue weighted by molar-refractivity contribution is 5.23. The molecule has 1 aliphatic heterocycles. The second-order valence-corrected chi connectivity index (χ2v) is 16.5. The number of rotatable bonds is 13. The van der Waals surface area contributed by atoms with Gasteiger partial charge in [-0.25, -0.2) is 0 Å². The highest BCUT2D eigenvalue weighted by Crippen LogP contribution is 2.59. The van der Waals surface area contributed by atoms with Gasteiger partial charge in [0.05, 0.1) is 13.7 Å². The summed E-state index contributed by atoms with van der Waals surface area (Å²) >= 11 is 0. The van der Waals surface area contributed by atoms with Crippen molar-refractivity contribution in [2.75, 3.05) is 54.4 Å². The highest BCUT2D eigenvalue weighted by atomic mass is 16.7. The van der Waals surface area contributed by atoms with Crippen LogP contribution in [0, 0.1) is 34.0 Å². The number of hydroxylamine groups is 2. The number of hydrogen-bond acceptors (Lipinski definition) is 7. The molecule has 7 nitrogen and oxygen atoms in total. The van der Waals surface area contributed by atoms with E-state index in [1.165, 1.54) is 76.1 Å². The lowest BCUT2D eigenvalue weighted by Crippen LogP contribution is -2.56. The van der Waals surface area contributed by atoms with Crippen molar-refractivity contribution in [3.63, 3.8) is 0 Å². The van der Waals surface area contributed by atoms with Crippen LogP contribution in [-0.2, 0) is 17.9 Å². The fraction of sp³-hybridized carbons (Fsp3) is 0.867. The summed E-state index contributed by atoms with van der Waals surface area (Å²) in [6.45, 7) is 32.6. The van der Waals surface area contributed by atoms with Crippen molar-refractivity contribution in [2.45, 2.75) is 172 Å². The van der Waals surface area contributed by atoms with Crippen molar-refractivity contribution in [1.29, 1.82) is 0 Å². The predicted octanol–water partition coefficient (Wildman–Crippen LogP) is 11.4. The molecule has 0 aromatic heterocycles. The predicted molar refractivity (Wildman–Crippen MR) is 229 cm³/mol. The number of benzene rings is 1. The zero-order valence-electron chi connectivity index (χ0n) is 37.5. The van der Waals surface area contributed by atoms with E-state index in [2.05, 4.69) is 112 Å². The van der Waals surface area contributed by atoms with E-state index in [0.29, 0.717) is 17.5 Å². The fourth-order valence-electron chi connectivity index (χ4n) is 8.49. The minimum absolute atomic E-state index is 0.621. The molecule has 6 rings (SSSR count). The van der Waals surface area contributed by atoms with Crippen molar-refractivity contribution >= 4 is 0 Å². The molecule has 2 bridgehead atoms. The summed E-state index contributed by atoms with van der Waals surface area (Å²) in [5.74, 6) is 3.62. The Morgan fingerprint density at radius 2 is 1.44 bits per heavy atom. The van der Waals surface area contributed by atoms with Gasteiger partial charge in [0.25, 0.3) is 0 Å². The molecule has 1 aromatic rings. The molecule has 0 radical (unpaired) electrons. The van der Waals surface area contributed by atoms with E-state index in [-0.39, 0.29) is 0 Å². The maximum absolute atomic E-state index is 8.56. The molecule has 0 N–H and O–H groups in total. The number of fused-ring (bicyclic) bond motifs is 2. The largest absolute Gasteiger partial charge is 0.308 e. The highest BCUT2D eigenvalue weighted by Gasteiger charge is 2.53. The van der Waals surface area contributed by atoms with Crippen molar-refractivity contribution in [1.82, 2.24) is 19.8 Å². The summed E-state index contributed by atoms with van der Waals surface area (Å²) < 4.78 is 0. The Bertz CT molecular complexity index is 979. The van der Waals surface area contributed by atoms with Gasteiger partial charge < -0.3 is 9.80 Å². The third-order valence-electron chi connectivity index (χ3n) is 11.5. The smallest absolute Gasteiger partial charge is 0.0700 e. The van der Waals surface area contributed by atoms with Gasteiger partial charge in [-0.05, 0) is 120 Å². The Balaban J connectivity index is 0.000000940. The summed E-state index contributed by atoms with van der Waals surface area (Å²) in [7, 11) is 7.93. The summed E-state index contributed by atoms with van der Waals surface area (Å²) in [5.41, 5.74) is 3.49. The average molecular weight is 732 g/mol. The first-order valence-electron chi connectivity index (χ1n) is 21.6. The molecule has 52 heavy (non-hydrogen) atoms. The van der Waals surface area contributed by atoms with Crippen molar-refractivity contribution < 1.29 is 4.84 Å². The van der Waals surface area contributed by atoms with Crippen LogP contribution in [0.3, 0.4) is 0 Å². The van der Waals surface area contributed by atoms with Gasteiger partial charge in [0.15, 0.2) is 0 Å². The lowest BCUT2D eigenvalue weighted by Gasteiger charge is -2.60. The van der Waals surface area contributed by atoms with Crippen molar-refractivity contribution in [3.8, 4) is 0 Å². The minimum atomic E-state index is 0.621. The van der Waals surface area contributed by atoms with Crippen molar-refractivity contribution in [3.05, 3.63) is 40.3 Å². The molecule has 5 aliphatic rings. The Morgan fingerprint density at radius 3 is 1.90 bits per heavy atom. The lowest BCUT2D eigenvalue weighted by molar-refractivity contribution is -0.117. The molecule has 306 valence electrons. The molecule has 7 heteroatoms. The van der Waals surface area contributed by atoms with Crippen LogP contribution >= 0.6 is 0 Å². The van der Waals surface area contributed by atoms with Crippen LogP contribution < -0.4 is 0 Å². The maximum Gasteiger partial charge on any atom is 0.0700 e. The normalized spacial score (nSPS) is 22.4. The van der Waals surface area contributed by atoms with Gasteiger partial charge in [-0.3, -0.25) is 9.74 Å². The van der Waals surface area contributed by atoms with Gasteiger partial charge in [0, 0.05) is 50.8 Å². The van der Waals surface area contributed by atoms with Gasteiger partial charge in [0.2, 0.25) is 0 Å². The zero-order valence-corrected chi connectivity index (χ0v) is 37.5. The maximum atomic E-state index is 8.56. The van der Waals surface area contributed by atoms with E-state index in [4.69, 9.17) is 9.74 Å². The molecule has 1 heterocycles. The fourth-order valence-corrected chi connectivity index (χ4v) is 8.49. The van der Waals surface area contributed by atoms with E-state index in [0.717, 1.165) is 68.9 Å². The Hall–Kier alpha value is -1.38. The average Bonchev–Trinajstić information content (AvgIpc) is 3.85. The van der Waals surface area contributed by atoms with Crippen LogP contribution in [-0.4, -0.2) is 92.3 Å². The number of likely N-dealkylation sites (N-methyl/N-ethyl adjacent to an activating group) is 1. The molecule has 0 amide bonds. The summed E-state index contributed by atoms with van der Waals surface area (Å²) in [5, 5.41) is 4.36.